The molecule has 1 heterocycles. The van der Waals surface area contributed by atoms with E-state index >= 15 is 0 Å². The third-order valence-corrected chi connectivity index (χ3v) is 6.31. The van der Waals surface area contributed by atoms with Crippen molar-refractivity contribution in [3.8, 4) is 21.8 Å². The lowest BCUT2D eigenvalue weighted by Crippen LogP contribution is -2.20. The maximum absolute atomic E-state index is 12.3. The smallest absolute Gasteiger partial charge is 0.244 e. The molecular weight excluding hydrogens is 424 g/mol. The molecule has 0 radical (unpaired) electrons. The fourth-order valence-electron chi connectivity index (χ4n) is 3.48. The van der Waals surface area contributed by atoms with E-state index in [1.54, 1.807) is 17.4 Å². The molecule has 4 aromatic rings. The van der Waals surface area contributed by atoms with E-state index in [1.165, 1.54) is 5.56 Å². The van der Waals surface area contributed by atoms with Crippen molar-refractivity contribution in [1.29, 1.82) is 0 Å². The number of hydrogen-bond donors (Lipinski definition) is 1. The maximum Gasteiger partial charge on any atom is 0.244 e. The number of benzene rings is 3. The van der Waals surface area contributed by atoms with Crippen molar-refractivity contribution in [3.63, 3.8) is 0 Å². The van der Waals surface area contributed by atoms with Crippen LogP contribution in [0.25, 0.3) is 27.9 Å². The zero-order valence-electron chi connectivity index (χ0n) is 19.2. The molecule has 0 aliphatic carbocycles. The number of hydrogen-bond acceptors (Lipinski definition) is 3. The fraction of sp³-hybridized carbons (Fsp3) is 0.172. The molecular formula is C29H28N2OS. The van der Waals surface area contributed by atoms with Gasteiger partial charge < -0.3 is 5.32 Å². The van der Waals surface area contributed by atoms with Gasteiger partial charge in [0.05, 0.1) is 5.69 Å². The zero-order chi connectivity index (χ0) is 23.3. The largest absolute Gasteiger partial charge is 0.348 e. The van der Waals surface area contributed by atoms with Gasteiger partial charge in [0, 0.05) is 29.1 Å². The molecule has 0 bridgehead atoms. The van der Waals surface area contributed by atoms with Gasteiger partial charge in [-0.2, -0.15) is 0 Å². The SMILES string of the molecule is CC(C)(C)c1ccc(/C=C/C(=O)NCc2cccc(-c3nc(-c4ccccc4)cs3)c2)cc1. The lowest BCUT2D eigenvalue weighted by molar-refractivity contribution is -0.116. The Morgan fingerprint density at radius 2 is 1.67 bits per heavy atom. The normalized spacial score (nSPS) is 11.6. The van der Waals surface area contributed by atoms with E-state index in [0.717, 1.165) is 33.0 Å². The van der Waals surface area contributed by atoms with Crippen LogP contribution in [0.15, 0.2) is 90.3 Å². The third kappa shape index (κ3) is 6.05. The summed E-state index contributed by atoms with van der Waals surface area (Å²) in [5.74, 6) is -0.110. The second-order valence-electron chi connectivity index (χ2n) is 9.03. The van der Waals surface area contributed by atoms with Crippen LogP contribution in [0.5, 0.6) is 0 Å². The third-order valence-electron chi connectivity index (χ3n) is 5.42. The first-order valence-corrected chi connectivity index (χ1v) is 11.9. The minimum absolute atomic E-state index is 0.110. The van der Waals surface area contributed by atoms with Crippen molar-refractivity contribution in [2.75, 3.05) is 0 Å². The number of carbonyl (C=O) groups excluding carboxylic acids is 1. The van der Waals surface area contributed by atoms with Gasteiger partial charge in [0.1, 0.15) is 5.01 Å². The van der Waals surface area contributed by atoms with Crippen LogP contribution in [-0.4, -0.2) is 10.9 Å². The number of nitrogens with zero attached hydrogens (tertiary/aromatic N) is 1. The van der Waals surface area contributed by atoms with Gasteiger partial charge in [-0.25, -0.2) is 4.98 Å². The van der Waals surface area contributed by atoms with Gasteiger partial charge in [-0.1, -0.05) is 93.6 Å². The average Bonchev–Trinajstić information content (AvgIpc) is 3.32. The summed E-state index contributed by atoms with van der Waals surface area (Å²) >= 11 is 1.63. The summed E-state index contributed by atoms with van der Waals surface area (Å²) in [5.41, 5.74) is 6.61. The van der Waals surface area contributed by atoms with Gasteiger partial charge in [0.25, 0.3) is 0 Å². The molecule has 0 spiro atoms. The van der Waals surface area contributed by atoms with Crippen molar-refractivity contribution in [2.45, 2.75) is 32.7 Å². The summed E-state index contributed by atoms with van der Waals surface area (Å²) in [6.45, 7) is 7.04. The molecule has 33 heavy (non-hydrogen) atoms. The summed E-state index contributed by atoms with van der Waals surface area (Å²) < 4.78 is 0. The highest BCUT2D eigenvalue weighted by Gasteiger charge is 2.12. The first kappa shape index (κ1) is 22.7. The lowest BCUT2D eigenvalue weighted by atomic mass is 9.87. The van der Waals surface area contributed by atoms with E-state index < -0.39 is 0 Å². The lowest BCUT2D eigenvalue weighted by Gasteiger charge is -2.18. The predicted molar refractivity (Wildman–Crippen MR) is 139 cm³/mol. The Balaban J connectivity index is 1.36. The van der Waals surface area contributed by atoms with E-state index in [1.807, 2.05) is 48.5 Å². The Bertz CT molecular complexity index is 1250. The van der Waals surface area contributed by atoms with Gasteiger partial charge in [0.2, 0.25) is 5.91 Å². The van der Waals surface area contributed by atoms with Gasteiger partial charge in [-0.3, -0.25) is 4.79 Å². The highest BCUT2D eigenvalue weighted by Crippen LogP contribution is 2.29. The first-order chi connectivity index (χ1) is 15.9. The number of nitrogens with one attached hydrogen (secondary N) is 1. The van der Waals surface area contributed by atoms with E-state index in [4.69, 9.17) is 4.98 Å². The average molecular weight is 453 g/mol. The Hall–Kier alpha value is -3.50. The minimum atomic E-state index is -0.110. The standard InChI is InChI=1S/C29H28N2OS/c1-29(2,3)25-15-12-21(13-16-25)14-17-27(32)30-19-22-8-7-11-24(18-22)28-31-26(20-33-28)23-9-5-4-6-10-23/h4-18,20H,19H2,1-3H3,(H,30,32)/b17-14+. The highest BCUT2D eigenvalue weighted by atomic mass is 32.1. The molecule has 0 aliphatic heterocycles. The maximum atomic E-state index is 12.3. The summed E-state index contributed by atoms with van der Waals surface area (Å²) in [6.07, 6.45) is 3.43. The second-order valence-corrected chi connectivity index (χ2v) is 9.89. The van der Waals surface area contributed by atoms with Crippen LogP contribution >= 0.6 is 11.3 Å². The molecule has 0 fully saturated rings. The molecule has 3 aromatic carbocycles. The van der Waals surface area contributed by atoms with Gasteiger partial charge in [-0.05, 0) is 34.2 Å². The molecule has 0 saturated carbocycles. The molecule has 0 aliphatic rings. The molecule has 1 aromatic heterocycles. The van der Waals surface area contributed by atoms with Gasteiger partial charge in [0.15, 0.2) is 0 Å². The molecule has 3 nitrogen and oxygen atoms in total. The van der Waals surface area contributed by atoms with Crippen molar-refractivity contribution < 1.29 is 4.79 Å². The Morgan fingerprint density at radius 1 is 0.939 bits per heavy atom. The van der Waals surface area contributed by atoms with Crippen LogP contribution in [0.2, 0.25) is 0 Å². The van der Waals surface area contributed by atoms with Crippen molar-refractivity contribution in [2.24, 2.45) is 0 Å². The zero-order valence-corrected chi connectivity index (χ0v) is 20.0. The molecule has 4 heteroatoms. The topological polar surface area (TPSA) is 42.0 Å². The second kappa shape index (κ2) is 9.97. The van der Waals surface area contributed by atoms with Gasteiger partial charge >= 0.3 is 0 Å². The summed E-state index contributed by atoms with van der Waals surface area (Å²) in [7, 11) is 0. The Morgan fingerprint density at radius 3 is 2.39 bits per heavy atom. The van der Waals surface area contributed by atoms with E-state index in [0.29, 0.717) is 6.54 Å². The van der Waals surface area contributed by atoms with Gasteiger partial charge in [-0.15, -0.1) is 11.3 Å². The monoisotopic (exact) mass is 452 g/mol. The number of aromatic nitrogens is 1. The number of thiazole rings is 1. The van der Waals surface area contributed by atoms with Crippen LogP contribution in [-0.2, 0) is 16.8 Å². The molecule has 0 saturated heterocycles. The molecule has 0 unspecified atom stereocenters. The predicted octanol–water partition coefficient (Wildman–Crippen LogP) is 7.10. The number of rotatable bonds is 6. The molecule has 4 rings (SSSR count). The number of carbonyl (C=O) groups is 1. The van der Waals surface area contributed by atoms with Crippen LogP contribution in [0.4, 0.5) is 0 Å². The minimum Gasteiger partial charge on any atom is -0.348 e. The van der Waals surface area contributed by atoms with Crippen LogP contribution < -0.4 is 5.32 Å². The van der Waals surface area contributed by atoms with E-state index in [9.17, 15) is 4.79 Å². The first-order valence-electron chi connectivity index (χ1n) is 11.1. The fourth-order valence-corrected chi connectivity index (χ4v) is 4.30. The van der Waals surface area contributed by atoms with E-state index in [2.05, 4.69) is 67.9 Å². The molecule has 1 amide bonds. The number of amides is 1. The van der Waals surface area contributed by atoms with Crippen LogP contribution in [0.1, 0.15) is 37.5 Å². The summed E-state index contributed by atoms with van der Waals surface area (Å²) in [4.78, 5) is 17.1. The highest BCUT2D eigenvalue weighted by molar-refractivity contribution is 7.13. The van der Waals surface area contributed by atoms with Crippen molar-refractivity contribution in [1.82, 2.24) is 10.3 Å². The summed E-state index contributed by atoms with van der Waals surface area (Å²) in [5, 5.41) is 6.03. The molecule has 0 atom stereocenters. The van der Waals surface area contributed by atoms with Crippen molar-refractivity contribution >= 4 is 23.3 Å². The molecule has 1 N–H and O–H groups in total. The Labute approximate surface area is 199 Å². The van der Waals surface area contributed by atoms with E-state index in [-0.39, 0.29) is 11.3 Å². The van der Waals surface area contributed by atoms with Crippen LogP contribution in [0.3, 0.4) is 0 Å². The Kier molecular flexibility index (Phi) is 6.85. The molecule has 166 valence electrons. The summed E-state index contributed by atoms with van der Waals surface area (Å²) in [6, 6.07) is 26.7. The van der Waals surface area contributed by atoms with Crippen molar-refractivity contribution in [3.05, 3.63) is 107 Å². The van der Waals surface area contributed by atoms with Crippen LogP contribution in [0, 0.1) is 0 Å². The quantitative estimate of drug-likeness (QED) is 0.317.